The molecule has 1 rings (SSSR count). The van der Waals surface area contributed by atoms with Crippen LogP contribution < -0.4 is 10.6 Å². The number of nitrogens with one attached hydrogen (secondary N) is 2. The number of amides is 1. The lowest BCUT2D eigenvalue weighted by molar-refractivity contribution is -0.120. The van der Waals surface area contributed by atoms with Gasteiger partial charge in [0.1, 0.15) is 5.60 Å². The zero-order valence-corrected chi connectivity index (χ0v) is 10.2. The lowest BCUT2D eigenvalue weighted by atomic mass is 10.0. The Morgan fingerprint density at radius 1 is 1.56 bits per heavy atom. The largest absolute Gasteiger partial charge is 0.378 e. The first-order valence-electron chi connectivity index (χ1n) is 5.83. The molecule has 2 N–H and O–H groups in total. The molecule has 0 radical (unpaired) electrons. The molecule has 0 aromatic rings. The number of methoxy groups -OCH3 is 1. The first-order valence-corrected chi connectivity index (χ1v) is 5.83. The van der Waals surface area contributed by atoms with Gasteiger partial charge in [0.2, 0.25) is 5.91 Å². The Hall–Kier alpha value is -0.650. The van der Waals surface area contributed by atoms with Crippen LogP contribution in [-0.2, 0) is 14.3 Å². The highest BCUT2D eigenvalue weighted by Crippen LogP contribution is 2.21. The van der Waals surface area contributed by atoms with Crippen molar-refractivity contribution in [1.29, 1.82) is 0 Å². The molecule has 5 nitrogen and oxygen atoms in total. The van der Waals surface area contributed by atoms with Crippen molar-refractivity contribution in [3.8, 4) is 0 Å². The van der Waals surface area contributed by atoms with Gasteiger partial charge in [-0.05, 0) is 6.92 Å². The van der Waals surface area contributed by atoms with E-state index in [9.17, 15) is 4.79 Å². The zero-order chi connectivity index (χ0) is 11.9. The Morgan fingerprint density at radius 3 is 2.94 bits per heavy atom. The molecule has 0 aliphatic carbocycles. The van der Waals surface area contributed by atoms with Crippen molar-refractivity contribution in [2.24, 2.45) is 0 Å². The Kier molecular flexibility index (Phi) is 5.73. The van der Waals surface area contributed by atoms with Gasteiger partial charge in [-0.1, -0.05) is 0 Å². The van der Waals surface area contributed by atoms with E-state index in [4.69, 9.17) is 9.47 Å². The van der Waals surface area contributed by atoms with Gasteiger partial charge < -0.3 is 20.1 Å². The third-order valence-corrected chi connectivity index (χ3v) is 2.85. The van der Waals surface area contributed by atoms with Crippen molar-refractivity contribution in [2.75, 3.05) is 40.0 Å². The third-order valence-electron chi connectivity index (χ3n) is 2.85. The summed E-state index contributed by atoms with van der Waals surface area (Å²) < 4.78 is 10.8. The zero-order valence-electron chi connectivity index (χ0n) is 10.2. The number of carbonyl (C=O) groups excluding carboxylic acids is 1. The van der Waals surface area contributed by atoms with Gasteiger partial charge in [0, 0.05) is 46.2 Å². The molecular weight excluding hydrogens is 208 g/mol. The third kappa shape index (κ3) is 4.08. The van der Waals surface area contributed by atoms with Crippen molar-refractivity contribution in [3.05, 3.63) is 0 Å². The first kappa shape index (κ1) is 13.4. The second kappa shape index (κ2) is 6.83. The minimum atomic E-state index is -0.193. The minimum absolute atomic E-state index is 0.0872. The average molecular weight is 230 g/mol. The highest BCUT2D eigenvalue weighted by molar-refractivity contribution is 5.75. The topological polar surface area (TPSA) is 59.6 Å². The molecule has 1 atom stereocenters. The van der Waals surface area contributed by atoms with Crippen LogP contribution in [0.4, 0.5) is 0 Å². The minimum Gasteiger partial charge on any atom is -0.378 e. The Balaban J connectivity index is 2.12. The molecule has 5 heteroatoms. The van der Waals surface area contributed by atoms with Gasteiger partial charge >= 0.3 is 0 Å². The van der Waals surface area contributed by atoms with Crippen molar-refractivity contribution < 1.29 is 14.3 Å². The van der Waals surface area contributed by atoms with Crippen LogP contribution >= 0.6 is 0 Å². The molecule has 1 aliphatic heterocycles. The number of hydrogen-bond acceptors (Lipinski definition) is 4. The van der Waals surface area contributed by atoms with E-state index in [1.165, 1.54) is 0 Å². The number of ether oxygens (including phenoxy) is 2. The molecule has 0 aromatic carbocycles. The van der Waals surface area contributed by atoms with Gasteiger partial charge in [0.15, 0.2) is 0 Å². The van der Waals surface area contributed by atoms with E-state index in [0.29, 0.717) is 26.1 Å². The molecule has 1 heterocycles. The second-order valence-electron chi connectivity index (χ2n) is 4.07. The summed E-state index contributed by atoms with van der Waals surface area (Å²) in [5.74, 6) is 0.0872. The summed E-state index contributed by atoms with van der Waals surface area (Å²) in [5.41, 5.74) is -0.193. The van der Waals surface area contributed by atoms with Crippen LogP contribution in [0.3, 0.4) is 0 Å². The van der Waals surface area contributed by atoms with Gasteiger partial charge in [-0.25, -0.2) is 0 Å². The van der Waals surface area contributed by atoms with Crippen molar-refractivity contribution in [1.82, 2.24) is 10.6 Å². The van der Waals surface area contributed by atoms with E-state index in [2.05, 4.69) is 10.6 Å². The van der Waals surface area contributed by atoms with Gasteiger partial charge in [-0.2, -0.15) is 0 Å². The highest BCUT2D eigenvalue weighted by atomic mass is 16.5. The molecule has 0 aromatic heterocycles. The molecule has 0 bridgehead atoms. The Bertz CT molecular complexity index is 215. The van der Waals surface area contributed by atoms with E-state index in [1.807, 2.05) is 6.92 Å². The van der Waals surface area contributed by atoms with Gasteiger partial charge in [-0.15, -0.1) is 0 Å². The van der Waals surface area contributed by atoms with Gasteiger partial charge in [-0.3, -0.25) is 4.79 Å². The summed E-state index contributed by atoms with van der Waals surface area (Å²) in [6, 6.07) is 0. The molecule has 1 unspecified atom stereocenters. The smallest absolute Gasteiger partial charge is 0.221 e. The van der Waals surface area contributed by atoms with Crippen LogP contribution in [0.2, 0.25) is 0 Å². The fraction of sp³-hybridized carbons (Fsp3) is 0.909. The fourth-order valence-corrected chi connectivity index (χ4v) is 1.76. The van der Waals surface area contributed by atoms with Crippen LogP contribution in [0.15, 0.2) is 0 Å². The molecule has 1 fully saturated rings. The molecule has 1 aliphatic rings. The van der Waals surface area contributed by atoms with Crippen LogP contribution in [0.25, 0.3) is 0 Å². The summed E-state index contributed by atoms with van der Waals surface area (Å²) in [6.45, 7) is 5.42. The Morgan fingerprint density at radius 2 is 2.38 bits per heavy atom. The lowest BCUT2D eigenvalue weighted by Gasteiger charge is -2.25. The standard InChI is InChI=1S/C11H22N2O3/c1-3-13-10(14)4-6-12-8-11(15-2)5-7-16-9-11/h12H,3-9H2,1-2H3,(H,13,14). The summed E-state index contributed by atoms with van der Waals surface area (Å²) in [4.78, 5) is 11.2. The van der Waals surface area contributed by atoms with Crippen LogP contribution in [0.1, 0.15) is 19.8 Å². The Labute approximate surface area is 96.9 Å². The number of rotatable bonds is 7. The molecule has 1 amide bonds. The predicted octanol–water partition coefficient (Wildman–Crippen LogP) is -0.0923. The molecule has 94 valence electrons. The van der Waals surface area contributed by atoms with Crippen molar-refractivity contribution >= 4 is 5.91 Å². The number of hydrogen-bond donors (Lipinski definition) is 2. The highest BCUT2D eigenvalue weighted by Gasteiger charge is 2.34. The summed E-state index contributed by atoms with van der Waals surface area (Å²) >= 11 is 0. The fourth-order valence-electron chi connectivity index (χ4n) is 1.76. The monoisotopic (exact) mass is 230 g/mol. The van der Waals surface area contributed by atoms with Crippen LogP contribution in [0, 0.1) is 0 Å². The molecule has 16 heavy (non-hydrogen) atoms. The summed E-state index contributed by atoms with van der Waals surface area (Å²) in [6.07, 6.45) is 1.42. The molecule has 0 saturated carbocycles. The molecular formula is C11H22N2O3. The lowest BCUT2D eigenvalue weighted by Crippen LogP contribution is -2.43. The SMILES string of the molecule is CCNC(=O)CCNCC1(OC)CCOC1. The first-order chi connectivity index (χ1) is 7.72. The molecule has 1 saturated heterocycles. The van der Waals surface area contributed by atoms with Crippen molar-refractivity contribution in [2.45, 2.75) is 25.4 Å². The second-order valence-corrected chi connectivity index (χ2v) is 4.07. The van der Waals surface area contributed by atoms with Crippen LogP contribution in [0.5, 0.6) is 0 Å². The van der Waals surface area contributed by atoms with E-state index in [-0.39, 0.29) is 11.5 Å². The van der Waals surface area contributed by atoms with Crippen LogP contribution in [-0.4, -0.2) is 51.5 Å². The average Bonchev–Trinajstić information content (AvgIpc) is 2.74. The maximum absolute atomic E-state index is 11.2. The predicted molar refractivity (Wildman–Crippen MR) is 61.3 cm³/mol. The number of carbonyl (C=O) groups is 1. The normalized spacial score (nSPS) is 24.6. The quantitative estimate of drug-likeness (QED) is 0.600. The van der Waals surface area contributed by atoms with Gasteiger partial charge in [0.05, 0.1) is 6.61 Å². The molecule has 0 spiro atoms. The maximum atomic E-state index is 11.2. The van der Waals surface area contributed by atoms with E-state index in [0.717, 1.165) is 19.6 Å². The van der Waals surface area contributed by atoms with Gasteiger partial charge in [0.25, 0.3) is 0 Å². The van der Waals surface area contributed by atoms with E-state index < -0.39 is 0 Å². The summed E-state index contributed by atoms with van der Waals surface area (Å²) in [7, 11) is 1.71. The van der Waals surface area contributed by atoms with Crippen molar-refractivity contribution in [3.63, 3.8) is 0 Å². The van der Waals surface area contributed by atoms with E-state index in [1.54, 1.807) is 7.11 Å². The summed E-state index contributed by atoms with van der Waals surface area (Å²) in [5, 5.41) is 6.01. The van der Waals surface area contributed by atoms with E-state index >= 15 is 0 Å². The maximum Gasteiger partial charge on any atom is 0.221 e.